The fourth-order valence-corrected chi connectivity index (χ4v) is 2.67. The quantitative estimate of drug-likeness (QED) is 0.768. The molecule has 0 bridgehead atoms. The number of amides is 1. The Kier molecular flexibility index (Phi) is 3.54. The molecule has 1 saturated carbocycles. The predicted molar refractivity (Wildman–Crippen MR) is 70.0 cm³/mol. The molecule has 1 N–H and O–H groups in total. The molecule has 0 aromatic carbocycles. The molecular weight excluding hydrogens is 228 g/mol. The maximum absolute atomic E-state index is 11.4. The van der Waals surface area contributed by atoms with E-state index < -0.39 is 5.60 Å². The molecule has 1 unspecified atom stereocenters. The highest BCUT2D eigenvalue weighted by Crippen LogP contribution is 2.50. The molecular formula is C14H22N2O2. The molecule has 1 aliphatic heterocycles. The van der Waals surface area contributed by atoms with Crippen LogP contribution >= 0.6 is 0 Å². The maximum atomic E-state index is 11.4. The number of likely N-dealkylation sites (tertiary alicyclic amines) is 1. The summed E-state index contributed by atoms with van der Waals surface area (Å²) in [6.07, 6.45) is 5.09. The predicted octanol–water partition coefficient (Wildman–Crippen LogP) is 1.32. The first-order chi connectivity index (χ1) is 8.40. The van der Waals surface area contributed by atoms with Crippen molar-refractivity contribution in [3.63, 3.8) is 0 Å². The molecule has 1 heterocycles. The van der Waals surface area contributed by atoms with E-state index in [1.54, 1.807) is 0 Å². The van der Waals surface area contributed by atoms with Crippen LogP contribution in [0.2, 0.25) is 0 Å². The van der Waals surface area contributed by atoms with E-state index in [0.29, 0.717) is 24.3 Å². The molecule has 0 spiro atoms. The van der Waals surface area contributed by atoms with E-state index in [4.69, 9.17) is 11.2 Å². The van der Waals surface area contributed by atoms with Crippen LogP contribution in [-0.4, -0.2) is 42.8 Å². The molecule has 0 aromatic rings. The monoisotopic (exact) mass is 250 g/mol. The van der Waals surface area contributed by atoms with Crippen molar-refractivity contribution in [2.45, 2.75) is 26.4 Å². The number of rotatable bonds is 3. The van der Waals surface area contributed by atoms with Gasteiger partial charge in [0.25, 0.3) is 0 Å². The van der Waals surface area contributed by atoms with Crippen molar-refractivity contribution in [1.29, 1.82) is 0 Å². The number of nitrogens with zero attached hydrogens (tertiary/aromatic N) is 1. The third-order valence-electron chi connectivity index (χ3n) is 3.56. The van der Waals surface area contributed by atoms with Crippen LogP contribution in [0.1, 0.15) is 20.8 Å². The van der Waals surface area contributed by atoms with Crippen LogP contribution in [0.15, 0.2) is 0 Å². The van der Waals surface area contributed by atoms with Crippen LogP contribution in [0.3, 0.4) is 0 Å². The number of ether oxygens (including phenoxy) is 1. The van der Waals surface area contributed by atoms with Gasteiger partial charge in [0, 0.05) is 32.1 Å². The average Bonchev–Trinajstić information content (AvgIpc) is 2.70. The average molecular weight is 250 g/mol. The molecule has 1 aliphatic carbocycles. The molecule has 100 valence electrons. The lowest BCUT2D eigenvalue weighted by molar-refractivity contribution is 0.0523. The molecule has 3 atom stereocenters. The second-order valence-corrected chi connectivity index (χ2v) is 6.21. The van der Waals surface area contributed by atoms with Crippen LogP contribution in [0.4, 0.5) is 4.79 Å². The molecule has 4 heteroatoms. The lowest BCUT2D eigenvalue weighted by Gasteiger charge is -2.21. The number of hydrogen-bond acceptors (Lipinski definition) is 3. The van der Waals surface area contributed by atoms with Gasteiger partial charge in [-0.25, -0.2) is 4.79 Å². The SMILES string of the molecule is C#CC1[C@H]2CN(CCNC(=O)OC(C)(C)C)C[C@@H]12. The highest BCUT2D eigenvalue weighted by Gasteiger charge is 2.54. The van der Waals surface area contributed by atoms with Crippen molar-refractivity contribution in [2.75, 3.05) is 26.2 Å². The summed E-state index contributed by atoms with van der Waals surface area (Å²) >= 11 is 0. The summed E-state index contributed by atoms with van der Waals surface area (Å²) in [7, 11) is 0. The van der Waals surface area contributed by atoms with Gasteiger partial charge in [-0.1, -0.05) is 0 Å². The minimum atomic E-state index is -0.431. The fourth-order valence-electron chi connectivity index (χ4n) is 2.67. The van der Waals surface area contributed by atoms with Gasteiger partial charge >= 0.3 is 6.09 Å². The van der Waals surface area contributed by atoms with E-state index in [1.807, 2.05) is 20.8 Å². The van der Waals surface area contributed by atoms with Gasteiger partial charge in [0.2, 0.25) is 0 Å². The first-order valence-corrected chi connectivity index (χ1v) is 6.56. The lowest BCUT2D eigenvalue weighted by atomic mass is 10.2. The first kappa shape index (κ1) is 13.2. The van der Waals surface area contributed by atoms with Crippen molar-refractivity contribution in [3.8, 4) is 12.3 Å². The summed E-state index contributed by atoms with van der Waals surface area (Å²) in [6, 6.07) is 0. The molecule has 2 rings (SSSR count). The van der Waals surface area contributed by atoms with E-state index in [2.05, 4.69) is 16.1 Å². The Morgan fingerprint density at radius 2 is 2.06 bits per heavy atom. The number of carbonyl (C=O) groups is 1. The minimum absolute atomic E-state index is 0.339. The molecule has 0 radical (unpaired) electrons. The van der Waals surface area contributed by atoms with Crippen LogP contribution in [0.5, 0.6) is 0 Å². The number of nitrogens with one attached hydrogen (secondary N) is 1. The second kappa shape index (κ2) is 4.81. The Morgan fingerprint density at radius 3 is 2.56 bits per heavy atom. The van der Waals surface area contributed by atoms with Crippen LogP contribution in [0.25, 0.3) is 0 Å². The normalized spacial score (nSPS) is 30.4. The molecule has 1 saturated heterocycles. The summed E-state index contributed by atoms with van der Waals surface area (Å²) in [5.41, 5.74) is -0.431. The van der Waals surface area contributed by atoms with Crippen molar-refractivity contribution in [2.24, 2.45) is 17.8 Å². The Balaban J connectivity index is 1.58. The molecule has 2 aliphatic rings. The zero-order chi connectivity index (χ0) is 13.3. The summed E-state index contributed by atoms with van der Waals surface area (Å²) in [5.74, 6) is 4.77. The van der Waals surface area contributed by atoms with Crippen molar-refractivity contribution in [3.05, 3.63) is 0 Å². The van der Waals surface area contributed by atoms with Crippen molar-refractivity contribution in [1.82, 2.24) is 10.2 Å². The smallest absolute Gasteiger partial charge is 0.407 e. The van der Waals surface area contributed by atoms with Crippen LogP contribution in [0, 0.1) is 30.1 Å². The summed E-state index contributed by atoms with van der Waals surface area (Å²) in [6.45, 7) is 9.26. The minimum Gasteiger partial charge on any atom is -0.444 e. The van der Waals surface area contributed by atoms with E-state index >= 15 is 0 Å². The van der Waals surface area contributed by atoms with Gasteiger partial charge in [-0.2, -0.15) is 0 Å². The molecule has 0 aromatic heterocycles. The van der Waals surface area contributed by atoms with E-state index in [-0.39, 0.29) is 6.09 Å². The van der Waals surface area contributed by atoms with Crippen molar-refractivity contribution < 1.29 is 9.53 Å². The van der Waals surface area contributed by atoms with Gasteiger partial charge in [0.15, 0.2) is 0 Å². The zero-order valence-corrected chi connectivity index (χ0v) is 11.4. The number of carbonyl (C=O) groups excluding carboxylic acids is 1. The Morgan fingerprint density at radius 1 is 1.44 bits per heavy atom. The summed E-state index contributed by atoms with van der Waals surface area (Å²) in [5, 5.41) is 2.78. The van der Waals surface area contributed by atoms with Crippen LogP contribution in [-0.2, 0) is 4.74 Å². The maximum Gasteiger partial charge on any atom is 0.407 e. The molecule has 1 amide bonds. The highest BCUT2D eigenvalue weighted by atomic mass is 16.6. The third kappa shape index (κ3) is 3.17. The number of terminal acetylenes is 1. The summed E-state index contributed by atoms with van der Waals surface area (Å²) < 4.78 is 5.17. The number of fused-ring (bicyclic) bond motifs is 1. The Labute approximate surface area is 109 Å². The zero-order valence-electron chi connectivity index (χ0n) is 11.4. The Bertz CT molecular complexity index is 355. The standard InChI is InChI=1S/C14H22N2O2/c1-5-10-11-8-16(9-12(10)11)7-6-15-13(17)18-14(2,3)4/h1,10-12H,6-9H2,2-4H3,(H,15,17)/t10?,11-,12+. The fraction of sp³-hybridized carbons (Fsp3) is 0.786. The van der Waals surface area contributed by atoms with E-state index in [9.17, 15) is 4.79 Å². The van der Waals surface area contributed by atoms with Gasteiger partial charge < -0.3 is 15.0 Å². The number of hydrogen-bond donors (Lipinski definition) is 1. The van der Waals surface area contributed by atoms with Gasteiger partial charge in [-0.05, 0) is 32.6 Å². The lowest BCUT2D eigenvalue weighted by Crippen LogP contribution is -2.38. The van der Waals surface area contributed by atoms with Gasteiger partial charge in [0.05, 0.1) is 0 Å². The third-order valence-corrected chi connectivity index (χ3v) is 3.56. The number of alkyl carbamates (subject to hydrolysis) is 1. The van der Waals surface area contributed by atoms with Crippen LogP contribution < -0.4 is 5.32 Å². The molecule has 18 heavy (non-hydrogen) atoms. The highest BCUT2D eigenvalue weighted by molar-refractivity contribution is 5.67. The first-order valence-electron chi connectivity index (χ1n) is 6.56. The molecule has 2 fully saturated rings. The van der Waals surface area contributed by atoms with Crippen molar-refractivity contribution >= 4 is 6.09 Å². The summed E-state index contributed by atoms with van der Waals surface area (Å²) in [4.78, 5) is 13.8. The number of piperidine rings is 1. The van der Waals surface area contributed by atoms with Gasteiger partial charge in [-0.15, -0.1) is 12.3 Å². The topological polar surface area (TPSA) is 41.6 Å². The van der Waals surface area contributed by atoms with Gasteiger partial charge in [0.1, 0.15) is 5.60 Å². The Hall–Kier alpha value is -1.21. The second-order valence-electron chi connectivity index (χ2n) is 6.21. The van der Waals surface area contributed by atoms with E-state index in [0.717, 1.165) is 19.6 Å². The largest absolute Gasteiger partial charge is 0.444 e. The van der Waals surface area contributed by atoms with Gasteiger partial charge in [-0.3, -0.25) is 0 Å². The molecule has 4 nitrogen and oxygen atoms in total. The van der Waals surface area contributed by atoms with E-state index in [1.165, 1.54) is 0 Å².